The van der Waals surface area contributed by atoms with Crippen LogP contribution in [0.25, 0.3) is 0 Å². The first-order chi connectivity index (χ1) is 9.62. The molecule has 0 spiro atoms. The zero-order valence-electron chi connectivity index (χ0n) is 11.2. The molecule has 1 heterocycles. The van der Waals surface area contributed by atoms with E-state index < -0.39 is 11.9 Å². The van der Waals surface area contributed by atoms with E-state index in [1.54, 1.807) is 24.1 Å². The van der Waals surface area contributed by atoms with Crippen molar-refractivity contribution in [1.82, 2.24) is 15.2 Å². The van der Waals surface area contributed by atoms with Crippen LogP contribution in [0.3, 0.4) is 0 Å². The van der Waals surface area contributed by atoms with Crippen molar-refractivity contribution in [2.24, 2.45) is 5.84 Å². The average Bonchev–Trinajstić information content (AvgIpc) is 2.86. The molecule has 7 heteroatoms. The van der Waals surface area contributed by atoms with Gasteiger partial charge in [0.1, 0.15) is 11.5 Å². The third kappa shape index (κ3) is 2.63. The average molecular weight is 299 g/mol. The summed E-state index contributed by atoms with van der Waals surface area (Å²) in [7, 11) is 1.55. The highest BCUT2D eigenvalue weighted by molar-refractivity contribution is 6.30. The van der Waals surface area contributed by atoms with Crippen molar-refractivity contribution in [1.29, 1.82) is 0 Å². The maximum absolute atomic E-state index is 13.6. The predicted molar refractivity (Wildman–Crippen MR) is 75.0 cm³/mol. The number of nitrogens with two attached hydrogens (primary N) is 1. The molecule has 1 unspecified atom stereocenters. The lowest BCUT2D eigenvalue weighted by molar-refractivity contribution is 0.399. The van der Waals surface area contributed by atoms with E-state index in [4.69, 9.17) is 22.2 Å². The molecule has 3 N–H and O–H groups in total. The molecule has 1 aromatic carbocycles. The summed E-state index contributed by atoms with van der Waals surface area (Å²) in [5, 5.41) is 4.29. The van der Waals surface area contributed by atoms with Crippen LogP contribution in [0, 0.1) is 5.82 Å². The van der Waals surface area contributed by atoms with Crippen LogP contribution in [0.5, 0.6) is 5.75 Å². The summed E-state index contributed by atoms with van der Waals surface area (Å²) in [6.07, 6.45) is 1.61. The smallest absolute Gasteiger partial charge is 0.161 e. The number of hydrogen-bond donors (Lipinski definition) is 2. The van der Waals surface area contributed by atoms with Crippen molar-refractivity contribution in [3.8, 4) is 5.75 Å². The highest BCUT2D eigenvalue weighted by Crippen LogP contribution is 2.30. The maximum atomic E-state index is 13.6. The molecule has 2 aromatic rings. The monoisotopic (exact) mass is 298 g/mol. The summed E-state index contributed by atoms with van der Waals surface area (Å²) in [6, 6.07) is 4.11. The summed E-state index contributed by atoms with van der Waals surface area (Å²) in [4.78, 5) is 0. The fraction of sp³-hybridized carbons (Fsp3) is 0.308. The number of hydrazine groups is 1. The number of rotatable bonds is 5. The van der Waals surface area contributed by atoms with Crippen LogP contribution in [-0.2, 0) is 6.54 Å². The van der Waals surface area contributed by atoms with Gasteiger partial charge in [-0.25, -0.2) is 9.82 Å². The molecular weight excluding hydrogens is 283 g/mol. The highest BCUT2D eigenvalue weighted by Gasteiger charge is 2.23. The zero-order chi connectivity index (χ0) is 14.7. The van der Waals surface area contributed by atoms with E-state index >= 15 is 0 Å². The molecule has 20 heavy (non-hydrogen) atoms. The Morgan fingerprint density at radius 1 is 1.55 bits per heavy atom. The number of hydrogen-bond acceptors (Lipinski definition) is 4. The van der Waals surface area contributed by atoms with E-state index in [2.05, 4.69) is 10.5 Å². The van der Waals surface area contributed by atoms with Gasteiger partial charge < -0.3 is 4.74 Å². The van der Waals surface area contributed by atoms with Crippen LogP contribution < -0.4 is 16.0 Å². The Labute approximate surface area is 121 Å². The van der Waals surface area contributed by atoms with E-state index in [1.165, 1.54) is 12.1 Å². The molecule has 108 valence electrons. The number of benzene rings is 1. The molecule has 0 radical (unpaired) electrons. The molecule has 0 bridgehead atoms. The molecule has 0 saturated heterocycles. The fourth-order valence-electron chi connectivity index (χ4n) is 2.10. The summed E-state index contributed by atoms with van der Waals surface area (Å²) in [5.74, 6) is 5.72. The van der Waals surface area contributed by atoms with Gasteiger partial charge in [-0.2, -0.15) is 5.10 Å². The minimum atomic E-state index is -0.494. The minimum absolute atomic E-state index is 0.0699. The number of aryl methyl sites for hydroxylation is 1. The van der Waals surface area contributed by atoms with Crippen LogP contribution in [0.1, 0.15) is 24.2 Å². The Balaban J connectivity index is 2.51. The van der Waals surface area contributed by atoms with Crippen molar-refractivity contribution in [3.63, 3.8) is 0 Å². The van der Waals surface area contributed by atoms with Gasteiger partial charge in [-0.05, 0) is 24.6 Å². The summed E-state index contributed by atoms with van der Waals surface area (Å²) in [5.41, 5.74) is 4.04. The topological polar surface area (TPSA) is 65.1 Å². The van der Waals surface area contributed by atoms with Gasteiger partial charge in [-0.3, -0.25) is 10.5 Å². The minimum Gasteiger partial charge on any atom is -0.493 e. The van der Waals surface area contributed by atoms with Crippen molar-refractivity contribution in [3.05, 3.63) is 46.5 Å². The van der Waals surface area contributed by atoms with Crippen molar-refractivity contribution < 1.29 is 9.13 Å². The van der Waals surface area contributed by atoms with Gasteiger partial charge in [0, 0.05) is 6.54 Å². The standard InChI is InChI=1S/C13H16ClFN4O/c1-3-19-13(11(20-2)7-17-19)12(18-16)8-4-5-9(14)10(15)6-8/h4-7,12,18H,3,16H2,1-2H3. The summed E-state index contributed by atoms with van der Waals surface area (Å²) < 4.78 is 20.7. The lowest BCUT2D eigenvalue weighted by Crippen LogP contribution is -2.31. The van der Waals surface area contributed by atoms with Crippen molar-refractivity contribution >= 4 is 11.6 Å². The second-order valence-electron chi connectivity index (χ2n) is 4.19. The van der Waals surface area contributed by atoms with Crippen LogP contribution in [-0.4, -0.2) is 16.9 Å². The van der Waals surface area contributed by atoms with Gasteiger partial charge in [0.25, 0.3) is 0 Å². The molecule has 0 aliphatic carbocycles. The van der Waals surface area contributed by atoms with Gasteiger partial charge in [0.15, 0.2) is 5.75 Å². The second kappa shape index (κ2) is 6.21. The Hall–Kier alpha value is -1.63. The SMILES string of the molecule is CCn1ncc(OC)c1C(NN)c1ccc(Cl)c(F)c1. The van der Waals surface area contributed by atoms with E-state index in [1.807, 2.05) is 6.92 Å². The van der Waals surface area contributed by atoms with E-state index in [9.17, 15) is 4.39 Å². The van der Waals surface area contributed by atoms with E-state index in [0.29, 0.717) is 17.9 Å². The largest absolute Gasteiger partial charge is 0.493 e. The third-order valence-corrected chi connectivity index (χ3v) is 3.39. The number of ether oxygens (including phenoxy) is 1. The second-order valence-corrected chi connectivity index (χ2v) is 4.59. The van der Waals surface area contributed by atoms with Gasteiger partial charge in [-0.1, -0.05) is 17.7 Å². The summed E-state index contributed by atoms with van der Waals surface area (Å²) in [6.45, 7) is 2.60. The number of methoxy groups -OCH3 is 1. The molecule has 0 aliphatic heterocycles. The number of nitrogens with one attached hydrogen (secondary N) is 1. The predicted octanol–water partition coefficient (Wildman–Crippen LogP) is 2.26. The molecule has 2 rings (SSSR count). The van der Waals surface area contributed by atoms with Crippen LogP contribution in [0.15, 0.2) is 24.4 Å². The van der Waals surface area contributed by atoms with Gasteiger partial charge in [0.05, 0.1) is 24.4 Å². The molecule has 0 saturated carbocycles. The molecule has 1 aromatic heterocycles. The first-order valence-corrected chi connectivity index (χ1v) is 6.50. The Bertz CT molecular complexity index is 581. The molecule has 1 atom stereocenters. The quantitative estimate of drug-likeness (QED) is 0.656. The lowest BCUT2D eigenvalue weighted by Gasteiger charge is -2.19. The van der Waals surface area contributed by atoms with Crippen molar-refractivity contribution in [2.45, 2.75) is 19.5 Å². The zero-order valence-corrected chi connectivity index (χ0v) is 12.0. The molecule has 0 fully saturated rings. The normalized spacial score (nSPS) is 12.4. The molecule has 0 aliphatic rings. The molecule has 5 nitrogen and oxygen atoms in total. The van der Waals surface area contributed by atoms with Gasteiger partial charge in [-0.15, -0.1) is 0 Å². The Morgan fingerprint density at radius 2 is 2.30 bits per heavy atom. The van der Waals surface area contributed by atoms with Crippen LogP contribution in [0.4, 0.5) is 4.39 Å². The summed E-state index contributed by atoms with van der Waals surface area (Å²) >= 11 is 5.70. The highest BCUT2D eigenvalue weighted by atomic mass is 35.5. The first kappa shape index (κ1) is 14.8. The number of nitrogens with zero attached hydrogens (tertiary/aromatic N) is 2. The van der Waals surface area contributed by atoms with Crippen LogP contribution >= 0.6 is 11.6 Å². The molecule has 0 amide bonds. The van der Waals surface area contributed by atoms with E-state index in [-0.39, 0.29) is 5.02 Å². The maximum Gasteiger partial charge on any atom is 0.161 e. The third-order valence-electron chi connectivity index (χ3n) is 3.08. The first-order valence-electron chi connectivity index (χ1n) is 6.13. The Kier molecular flexibility index (Phi) is 4.59. The number of halogens is 2. The van der Waals surface area contributed by atoms with Crippen LogP contribution in [0.2, 0.25) is 5.02 Å². The van der Waals surface area contributed by atoms with Crippen molar-refractivity contribution in [2.75, 3.05) is 7.11 Å². The molecular formula is C13H16ClFN4O. The fourth-order valence-corrected chi connectivity index (χ4v) is 2.22. The van der Waals surface area contributed by atoms with E-state index in [0.717, 1.165) is 5.69 Å². The van der Waals surface area contributed by atoms with Gasteiger partial charge in [0.2, 0.25) is 0 Å². The lowest BCUT2D eigenvalue weighted by atomic mass is 10.0. The Morgan fingerprint density at radius 3 is 2.85 bits per heavy atom. The van der Waals surface area contributed by atoms with Gasteiger partial charge >= 0.3 is 0 Å². The number of aromatic nitrogens is 2.